The van der Waals surface area contributed by atoms with E-state index in [-0.39, 0.29) is 5.97 Å². The van der Waals surface area contributed by atoms with Crippen molar-refractivity contribution in [3.63, 3.8) is 0 Å². The number of ether oxygens (including phenoxy) is 2. The second-order valence-corrected chi connectivity index (χ2v) is 10.9. The van der Waals surface area contributed by atoms with Crippen LogP contribution in [0.5, 0.6) is 5.75 Å². The van der Waals surface area contributed by atoms with Crippen molar-refractivity contribution < 1.29 is 14.3 Å². The number of fused-ring (bicyclic) bond motifs is 2. The first-order valence-electron chi connectivity index (χ1n) is 15.1. The molecule has 1 aliphatic rings. The van der Waals surface area contributed by atoms with E-state index in [2.05, 4.69) is 80.1 Å². The Labute approximate surface area is 254 Å². The van der Waals surface area contributed by atoms with Crippen molar-refractivity contribution in [2.24, 2.45) is 0 Å². The fourth-order valence-electron chi connectivity index (χ4n) is 6.75. The van der Waals surface area contributed by atoms with Crippen LogP contribution in [0.15, 0.2) is 97.6 Å². The number of carbonyl (C=O) groups is 1. The summed E-state index contributed by atoms with van der Waals surface area (Å²) in [5.74, 6) is 0.335. The molecule has 0 bridgehead atoms. The topological polar surface area (TPSA) is 43.7 Å². The molecule has 0 N–H and O–H groups in total. The van der Waals surface area contributed by atoms with E-state index in [4.69, 9.17) is 9.47 Å². The SMILES string of the molecule is C=Cc1cc(N(CC)CC)ccc1COc1ccccc1C1(c2c(C)n(CC)c3ccccc23)OC(=O)c2ccccc21. The van der Waals surface area contributed by atoms with Gasteiger partial charge in [0, 0.05) is 58.6 Å². The minimum absolute atomic E-state index is 0.334. The third kappa shape index (κ3) is 4.51. The molecule has 1 atom stereocenters. The van der Waals surface area contributed by atoms with Gasteiger partial charge in [-0.3, -0.25) is 0 Å². The van der Waals surface area contributed by atoms with Crippen LogP contribution < -0.4 is 9.64 Å². The molecule has 218 valence electrons. The van der Waals surface area contributed by atoms with Gasteiger partial charge in [0.2, 0.25) is 0 Å². The number of rotatable bonds is 10. The second kappa shape index (κ2) is 11.5. The average molecular weight is 571 g/mol. The van der Waals surface area contributed by atoms with Gasteiger partial charge in [0.15, 0.2) is 5.60 Å². The molecule has 0 saturated carbocycles. The maximum Gasteiger partial charge on any atom is 0.340 e. The Morgan fingerprint density at radius 3 is 2.35 bits per heavy atom. The minimum atomic E-state index is -1.18. The van der Waals surface area contributed by atoms with Crippen molar-refractivity contribution in [1.29, 1.82) is 0 Å². The fourth-order valence-corrected chi connectivity index (χ4v) is 6.75. The molecule has 5 aromatic rings. The molecule has 0 aliphatic carbocycles. The molecule has 2 heterocycles. The van der Waals surface area contributed by atoms with E-state index in [0.29, 0.717) is 17.9 Å². The third-order valence-corrected chi connectivity index (χ3v) is 8.80. The van der Waals surface area contributed by atoms with Crippen molar-refractivity contribution in [3.8, 4) is 5.75 Å². The van der Waals surface area contributed by atoms with Gasteiger partial charge >= 0.3 is 5.97 Å². The van der Waals surface area contributed by atoms with Gasteiger partial charge in [-0.1, -0.05) is 73.3 Å². The molecule has 1 aliphatic heterocycles. The van der Waals surface area contributed by atoms with Gasteiger partial charge in [-0.15, -0.1) is 0 Å². The van der Waals surface area contributed by atoms with Crippen molar-refractivity contribution in [3.05, 3.63) is 137 Å². The number of benzene rings is 4. The van der Waals surface area contributed by atoms with Crippen LogP contribution in [0.4, 0.5) is 5.69 Å². The van der Waals surface area contributed by atoms with Crippen LogP contribution in [-0.2, 0) is 23.5 Å². The monoisotopic (exact) mass is 570 g/mol. The molecule has 5 heteroatoms. The van der Waals surface area contributed by atoms with Gasteiger partial charge in [-0.05, 0) is 69.2 Å². The summed E-state index contributed by atoms with van der Waals surface area (Å²) in [6.07, 6.45) is 1.89. The van der Waals surface area contributed by atoms with Crippen molar-refractivity contribution in [1.82, 2.24) is 4.57 Å². The zero-order valence-corrected chi connectivity index (χ0v) is 25.4. The molecule has 0 amide bonds. The molecular weight excluding hydrogens is 532 g/mol. The lowest BCUT2D eigenvalue weighted by molar-refractivity contribution is 0.0245. The van der Waals surface area contributed by atoms with E-state index in [1.165, 1.54) is 5.69 Å². The van der Waals surface area contributed by atoms with Gasteiger partial charge in [0.1, 0.15) is 12.4 Å². The van der Waals surface area contributed by atoms with Crippen LogP contribution >= 0.6 is 0 Å². The zero-order chi connectivity index (χ0) is 30.1. The standard InChI is InChI=1S/C38H38N2O3/c1-6-27-24-29(39(7-2)8-3)23-22-28(27)25-42-35-21-15-13-19-33(35)38(32-18-12-10-16-30(32)37(41)43-38)36-26(5)40(9-4)34-20-14-11-17-31(34)36/h6,10-24H,1,7-9,25H2,2-5H3. The summed E-state index contributed by atoms with van der Waals surface area (Å²) in [5.41, 5.74) is 7.41. The van der Waals surface area contributed by atoms with Crippen molar-refractivity contribution in [2.75, 3.05) is 18.0 Å². The predicted octanol–water partition coefficient (Wildman–Crippen LogP) is 8.50. The average Bonchev–Trinajstić information content (AvgIpc) is 3.51. The molecule has 6 rings (SSSR count). The Kier molecular flexibility index (Phi) is 7.57. The fraction of sp³-hybridized carbons (Fsp3) is 0.237. The number of aromatic nitrogens is 1. The van der Waals surface area contributed by atoms with Gasteiger partial charge in [0.05, 0.1) is 5.56 Å². The summed E-state index contributed by atoms with van der Waals surface area (Å²) in [5, 5.41) is 1.06. The number of hydrogen-bond acceptors (Lipinski definition) is 4. The van der Waals surface area contributed by atoms with Gasteiger partial charge in [-0.25, -0.2) is 4.79 Å². The lowest BCUT2D eigenvalue weighted by Gasteiger charge is -2.32. The first-order valence-corrected chi connectivity index (χ1v) is 15.1. The highest BCUT2D eigenvalue weighted by molar-refractivity contribution is 5.99. The summed E-state index contributed by atoms with van der Waals surface area (Å²) in [7, 11) is 0. The van der Waals surface area contributed by atoms with Crippen molar-refractivity contribution in [2.45, 2.75) is 46.4 Å². The summed E-state index contributed by atoms with van der Waals surface area (Å²) in [4.78, 5) is 15.9. The van der Waals surface area contributed by atoms with Gasteiger partial charge in [0.25, 0.3) is 0 Å². The molecule has 1 unspecified atom stereocenters. The summed E-state index contributed by atoms with van der Waals surface area (Å²) in [6.45, 7) is 15.7. The normalized spacial score (nSPS) is 15.8. The Morgan fingerprint density at radius 1 is 0.907 bits per heavy atom. The second-order valence-electron chi connectivity index (χ2n) is 10.9. The van der Waals surface area contributed by atoms with Gasteiger partial charge in [-0.2, -0.15) is 0 Å². The summed E-state index contributed by atoms with van der Waals surface area (Å²) in [6, 6.07) is 30.5. The quantitative estimate of drug-likeness (QED) is 0.158. The molecule has 0 saturated heterocycles. The minimum Gasteiger partial charge on any atom is -0.488 e. The largest absolute Gasteiger partial charge is 0.488 e. The van der Waals surface area contributed by atoms with E-state index in [1.807, 2.05) is 60.7 Å². The number of para-hydroxylation sites is 2. The van der Waals surface area contributed by atoms with Crippen LogP contribution in [0.3, 0.4) is 0 Å². The third-order valence-electron chi connectivity index (χ3n) is 8.80. The van der Waals surface area contributed by atoms with Gasteiger partial charge < -0.3 is 18.9 Å². The predicted molar refractivity (Wildman–Crippen MR) is 175 cm³/mol. The highest BCUT2D eigenvalue weighted by Crippen LogP contribution is 2.53. The van der Waals surface area contributed by atoms with Crippen LogP contribution in [0.2, 0.25) is 0 Å². The Bertz CT molecular complexity index is 1830. The summed E-state index contributed by atoms with van der Waals surface area (Å²) >= 11 is 0. The van der Waals surface area contributed by atoms with E-state index in [9.17, 15) is 4.79 Å². The summed E-state index contributed by atoms with van der Waals surface area (Å²) < 4.78 is 15.5. The first-order chi connectivity index (χ1) is 21.0. The number of anilines is 1. The van der Waals surface area contributed by atoms with Crippen LogP contribution in [-0.4, -0.2) is 23.6 Å². The van der Waals surface area contributed by atoms with E-state index >= 15 is 0 Å². The highest BCUT2D eigenvalue weighted by Gasteiger charge is 2.52. The number of cyclic esters (lactones) is 1. The highest BCUT2D eigenvalue weighted by atomic mass is 16.6. The van der Waals surface area contributed by atoms with Crippen molar-refractivity contribution >= 4 is 28.6 Å². The molecule has 0 fully saturated rings. The lowest BCUT2D eigenvalue weighted by atomic mass is 9.78. The van der Waals surface area contributed by atoms with E-state index < -0.39 is 5.60 Å². The van der Waals surface area contributed by atoms with E-state index in [0.717, 1.165) is 64.0 Å². The molecule has 1 aromatic heterocycles. The van der Waals surface area contributed by atoms with E-state index in [1.54, 1.807) is 0 Å². The molecular formula is C38H38N2O3. The molecule has 0 spiro atoms. The molecule has 4 aromatic carbocycles. The first kappa shape index (κ1) is 28.4. The Hall–Kier alpha value is -4.77. The maximum absolute atomic E-state index is 13.6. The smallest absolute Gasteiger partial charge is 0.340 e. The van der Waals surface area contributed by atoms with Crippen LogP contribution in [0, 0.1) is 6.92 Å². The number of hydrogen-bond donors (Lipinski definition) is 0. The zero-order valence-electron chi connectivity index (χ0n) is 25.4. The number of esters is 1. The number of nitrogens with zero attached hydrogens (tertiary/aromatic N) is 2. The lowest BCUT2D eigenvalue weighted by Crippen LogP contribution is -2.31. The van der Waals surface area contributed by atoms with Crippen LogP contribution in [0.1, 0.15) is 64.6 Å². The Morgan fingerprint density at radius 2 is 1.60 bits per heavy atom. The Balaban J connectivity index is 1.52. The molecule has 5 nitrogen and oxygen atoms in total. The number of carbonyl (C=O) groups excluding carboxylic acids is 1. The molecule has 43 heavy (non-hydrogen) atoms. The number of aryl methyl sites for hydroxylation is 1. The molecule has 0 radical (unpaired) electrons. The van der Waals surface area contributed by atoms with Crippen LogP contribution in [0.25, 0.3) is 17.0 Å². The maximum atomic E-state index is 13.6.